The lowest BCUT2D eigenvalue weighted by Crippen LogP contribution is -2.39. The standard InChI is InChI=1S/C27H38N4O6S/c1-4-5-6-26(32)30-21-8-9-22(31-15-12-20(13-16-31)27(28)33)25(18-21)38(34,35)29-14-11-19-7-10-23(36-2)24(17-19)37-3/h7-10,17-18,20,29H,4-6,11-16H2,1-3H3,(H2,28,33)(H,30,32). The lowest BCUT2D eigenvalue weighted by Gasteiger charge is -2.33. The number of unbranched alkanes of at least 4 members (excludes halogenated alkanes) is 1. The van der Waals surface area contributed by atoms with Crippen molar-refractivity contribution in [2.24, 2.45) is 11.7 Å². The van der Waals surface area contributed by atoms with E-state index in [1.807, 2.05) is 24.0 Å². The fraction of sp³-hybridized carbons (Fsp3) is 0.481. The predicted octanol–water partition coefficient (Wildman–Crippen LogP) is 3.06. The number of sulfonamides is 1. The molecule has 1 aliphatic rings. The molecule has 0 radical (unpaired) electrons. The van der Waals surface area contributed by atoms with Crippen LogP contribution in [0, 0.1) is 5.92 Å². The highest BCUT2D eigenvalue weighted by atomic mass is 32.2. The number of rotatable bonds is 13. The molecule has 10 nitrogen and oxygen atoms in total. The molecule has 2 aromatic rings. The molecule has 0 atom stereocenters. The van der Waals surface area contributed by atoms with E-state index in [1.165, 1.54) is 6.07 Å². The van der Waals surface area contributed by atoms with Crippen molar-refractivity contribution < 1.29 is 27.5 Å². The van der Waals surface area contributed by atoms with Crippen LogP contribution in [0.15, 0.2) is 41.3 Å². The summed E-state index contributed by atoms with van der Waals surface area (Å²) in [4.78, 5) is 25.9. The fourth-order valence-electron chi connectivity index (χ4n) is 4.48. The molecule has 38 heavy (non-hydrogen) atoms. The van der Waals surface area contributed by atoms with Gasteiger partial charge in [-0.05, 0) is 61.6 Å². The van der Waals surface area contributed by atoms with Crippen molar-refractivity contribution in [3.05, 3.63) is 42.0 Å². The van der Waals surface area contributed by atoms with Crippen molar-refractivity contribution >= 4 is 33.2 Å². The summed E-state index contributed by atoms with van der Waals surface area (Å²) >= 11 is 0. The number of nitrogens with zero attached hydrogens (tertiary/aromatic N) is 1. The van der Waals surface area contributed by atoms with Gasteiger partial charge in [0.15, 0.2) is 11.5 Å². The van der Waals surface area contributed by atoms with Crippen LogP contribution in [0.25, 0.3) is 0 Å². The zero-order chi connectivity index (χ0) is 27.7. The number of methoxy groups -OCH3 is 2. The van der Waals surface area contributed by atoms with Gasteiger partial charge in [-0.2, -0.15) is 0 Å². The van der Waals surface area contributed by atoms with Crippen LogP contribution < -0.4 is 30.1 Å². The van der Waals surface area contributed by atoms with E-state index in [4.69, 9.17) is 15.2 Å². The summed E-state index contributed by atoms with van der Waals surface area (Å²) in [7, 11) is -0.831. The van der Waals surface area contributed by atoms with Crippen LogP contribution in [0.4, 0.5) is 11.4 Å². The summed E-state index contributed by atoms with van der Waals surface area (Å²) in [6.45, 7) is 3.17. The Morgan fingerprint density at radius 3 is 2.39 bits per heavy atom. The Morgan fingerprint density at radius 2 is 1.76 bits per heavy atom. The smallest absolute Gasteiger partial charge is 0.242 e. The summed E-state index contributed by atoms with van der Waals surface area (Å²) in [5.41, 5.74) is 7.30. The van der Waals surface area contributed by atoms with Crippen molar-refractivity contribution in [2.75, 3.05) is 44.1 Å². The van der Waals surface area contributed by atoms with E-state index in [0.717, 1.165) is 18.4 Å². The van der Waals surface area contributed by atoms with Gasteiger partial charge in [0.1, 0.15) is 4.90 Å². The van der Waals surface area contributed by atoms with E-state index < -0.39 is 10.0 Å². The highest BCUT2D eigenvalue weighted by molar-refractivity contribution is 7.89. The second-order valence-corrected chi connectivity index (χ2v) is 11.1. The monoisotopic (exact) mass is 546 g/mol. The molecule has 2 aromatic carbocycles. The minimum Gasteiger partial charge on any atom is -0.493 e. The maximum atomic E-state index is 13.5. The number of nitrogens with two attached hydrogens (primary N) is 1. The average molecular weight is 547 g/mol. The quantitative estimate of drug-likeness (QED) is 0.351. The van der Waals surface area contributed by atoms with Gasteiger partial charge in [0, 0.05) is 37.7 Å². The molecule has 3 rings (SSSR count). The molecule has 0 aromatic heterocycles. The van der Waals surface area contributed by atoms with Gasteiger partial charge < -0.3 is 25.4 Å². The molecule has 1 fully saturated rings. The highest BCUT2D eigenvalue weighted by Gasteiger charge is 2.28. The number of hydrogen-bond donors (Lipinski definition) is 3. The first-order valence-corrected chi connectivity index (χ1v) is 14.4. The lowest BCUT2D eigenvalue weighted by molar-refractivity contribution is -0.122. The number of nitrogens with one attached hydrogen (secondary N) is 2. The van der Waals surface area contributed by atoms with Crippen LogP contribution in [0.2, 0.25) is 0 Å². The lowest BCUT2D eigenvalue weighted by atomic mass is 9.96. The molecular formula is C27H38N4O6S. The van der Waals surface area contributed by atoms with Gasteiger partial charge >= 0.3 is 0 Å². The van der Waals surface area contributed by atoms with E-state index in [0.29, 0.717) is 61.6 Å². The Morgan fingerprint density at radius 1 is 1.05 bits per heavy atom. The molecule has 0 unspecified atom stereocenters. The minimum atomic E-state index is -3.93. The molecule has 0 aliphatic carbocycles. The first-order valence-electron chi connectivity index (χ1n) is 12.9. The number of piperidine rings is 1. The molecule has 1 heterocycles. The number of amides is 2. The van der Waals surface area contributed by atoms with Crippen LogP contribution in [0.3, 0.4) is 0 Å². The van der Waals surface area contributed by atoms with Gasteiger partial charge in [-0.3, -0.25) is 9.59 Å². The summed E-state index contributed by atoms with van der Waals surface area (Å²) in [6.07, 6.45) is 3.55. The average Bonchev–Trinajstić information content (AvgIpc) is 2.91. The first kappa shape index (κ1) is 29.2. The third kappa shape index (κ3) is 7.61. The largest absolute Gasteiger partial charge is 0.493 e. The molecule has 1 saturated heterocycles. The van der Waals surface area contributed by atoms with E-state index in [2.05, 4.69) is 10.0 Å². The van der Waals surface area contributed by atoms with Crippen LogP contribution in [0.5, 0.6) is 11.5 Å². The van der Waals surface area contributed by atoms with Gasteiger partial charge in [0.25, 0.3) is 0 Å². The Hall–Kier alpha value is -3.31. The van der Waals surface area contributed by atoms with Crippen LogP contribution in [0.1, 0.15) is 44.6 Å². The number of carbonyl (C=O) groups excluding carboxylic acids is 2. The SMILES string of the molecule is CCCCC(=O)Nc1ccc(N2CCC(C(N)=O)CC2)c(S(=O)(=O)NCCc2ccc(OC)c(OC)c2)c1. The third-order valence-electron chi connectivity index (χ3n) is 6.68. The minimum absolute atomic E-state index is 0.0793. The molecule has 2 amide bonds. The van der Waals surface area contributed by atoms with Crippen LogP contribution in [-0.4, -0.2) is 54.1 Å². The van der Waals surface area contributed by atoms with Crippen molar-refractivity contribution in [1.29, 1.82) is 0 Å². The molecular weight excluding hydrogens is 508 g/mol. The van der Waals surface area contributed by atoms with Crippen molar-refractivity contribution in [3.63, 3.8) is 0 Å². The van der Waals surface area contributed by atoms with Crippen LogP contribution >= 0.6 is 0 Å². The van der Waals surface area contributed by atoms with Crippen molar-refractivity contribution in [3.8, 4) is 11.5 Å². The van der Waals surface area contributed by atoms with Gasteiger partial charge in [-0.15, -0.1) is 0 Å². The molecule has 1 aliphatic heterocycles. The summed E-state index contributed by atoms with van der Waals surface area (Å²) in [5, 5.41) is 2.81. The summed E-state index contributed by atoms with van der Waals surface area (Å²) in [6, 6.07) is 10.4. The number of primary amides is 1. The highest BCUT2D eigenvalue weighted by Crippen LogP contribution is 2.32. The Bertz CT molecular complexity index is 1230. The Labute approximate surface area is 224 Å². The molecule has 0 saturated carbocycles. The van der Waals surface area contributed by atoms with E-state index >= 15 is 0 Å². The number of anilines is 2. The number of hydrogen-bond acceptors (Lipinski definition) is 7. The first-order chi connectivity index (χ1) is 18.2. The van der Waals surface area contributed by atoms with E-state index in [-0.39, 0.29) is 29.2 Å². The van der Waals surface area contributed by atoms with Gasteiger partial charge in [-0.1, -0.05) is 19.4 Å². The van der Waals surface area contributed by atoms with Gasteiger partial charge in [-0.25, -0.2) is 13.1 Å². The van der Waals surface area contributed by atoms with Crippen molar-refractivity contribution in [1.82, 2.24) is 4.72 Å². The summed E-state index contributed by atoms with van der Waals surface area (Å²) in [5.74, 6) is 0.453. The van der Waals surface area contributed by atoms with Gasteiger partial charge in [0.2, 0.25) is 21.8 Å². The molecule has 0 spiro atoms. The van der Waals surface area contributed by atoms with Crippen LogP contribution in [-0.2, 0) is 26.0 Å². The third-order valence-corrected chi connectivity index (χ3v) is 8.17. The van der Waals surface area contributed by atoms with Crippen molar-refractivity contribution in [2.45, 2.75) is 50.3 Å². The predicted molar refractivity (Wildman–Crippen MR) is 147 cm³/mol. The zero-order valence-corrected chi connectivity index (χ0v) is 23.1. The topological polar surface area (TPSA) is 140 Å². The second kappa shape index (κ2) is 13.5. The molecule has 11 heteroatoms. The maximum absolute atomic E-state index is 13.5. The number of ether oxygens (including phenoxy) is 2. The number of benzene rings is 2. The summed E-state index contributed by atoms with van der Waals surface area (Å²) < 4.78 is 40.3. The Balaban J connectivity index is 1.81. The molecule has 0 bridgehead atoms. The molecule has 208 valence electrons. The Kier molecular flexibility index (Phi) is 10.4. The second-order valence-electron chi connectivity index (χ2n) is 9.34. The van der Waals surface area contributed by atoms with E-state index in [9.17, 15) is 18.0 Å². The number of carbonyl (C=O) groups is 2. The zero-order valence-electron chi connectivity index (χ0n) is 22.3. The fourth-order valence-corrected chi connectivity index (χ4v) is 5.76. The molecule has 4 N–H and O–H groups in total. The normalized spacial score (nSPS) is 14.2. The van der Waals surface area contributed by atoms with Gasteiger partial charge in [0.05, 0.1) is 19.9 Å². The maximum Gasteiger partial charge on any atom is 0.242 e. The van der Waals surface area contributed by atoms with E-state index in [1.54, 1.807) is 32.4 Å².